The fraction of sp³-hybridized carbons (Fsp3) is 0. The number of hydrogen-bond donors (Lipinski definition) is 0. The van der Waals surface area contributed by atoms with Crippen molar-refractivity contribution in [2.75, 3.05) is 9.80 Å². The van der Waals surface area contributed by atoms with Crippen molar-refractivity contribution in [3.63, 3.8) is 0 Å². The van der Waals surface area contributed by atoms with Gasteiger partial charge in [-0.3, -0.25) is 9.80 Å². The summed E-state index contributed by atoms with van der Waals surface area (Å²) in [6, 6.07) is 119. The molecule has 6 heterocycles. The van der Waals surface area contributed by atoms with E-state index < -0.39 is 0 Å². The molecule has 0 bridgehead atoms. The lowest BCUT2D eigenvalue weighted by atomic mass is 9.89. The molecule has 0 N–H and O–H groups in total. The summed E-state index contributed by atoms with van der Waals surface area (Å²) in [4.78, 5) is 36.7. The van der Waals surface area contributed by atoms with Gasteiger partial charge in [-0.1, -0.05) is 291 Å². The van der Waals surface area contributed by atoms with Gasteiger partial charge in [-0.25, -0.2) is 9.97 Å². The molecule has 0 unspecified atom stereocenters. The average Bonchev–Trinajstić information content (AvgIpc) is 0.732. The summed E-state index contributed by atoms with van der Waals surface area (Å²) in [6.07, 6.45) is 0. The molecule has 106 heavy (non-hydrogen) atoms. The van der Waals surface area contributed by atoms with E-state index in [4.69, 9.17) is 38.7 Å². The second kappa shape index (κ2) is 23.5. The number of fused-ring (bicyclic) bond motifs is 17. The number of anilines is 6. The van der Waals surface area contributed by atoms with Crippen molar-refractivity contribution in [3.05, 3.63) is 340 Å². The molecule has 23 rings (SSSR count). The topological polar surface area (TPSA) is 110 Å². The van der Waals surface area contributed by atoms with Gasteiger partial charge >= 0.3 is 0 Å². The summed E-state index contributed by atoms with van der Waals surface area (Å²) < 4.78 is 12.9. The Morgan fingerprint density at radius 2 is 0.642 bits per heavy atom. The van der Waals surface area contributed by atoms with Crippen molar-refractivity contribution in [3.8, 4) is 78.9 Å². The fourth-order valence-corrected chi connectivity index (χ4v) is 16.5. The summed E-state index contributed by atoms with van der Waals surface area (Å²) >= 11 is 0. The molecule has 0 radical (unpaired) electrons. The third-order valence-electron chi connectivity index (χ3n) is 21.3. The monoisotopic (exact) mass is 1350 g/mol. The van der Waals surface area contributed by atoms with Crippen molar-refractivity contribution in [2.45, 2.75) is 0 Å². The Kier molecular flexibility index (Phi) is 13.2. The van der Waals surface area contributed by atoms with E-state index in [1.807, 2.05) is 48.5 Å². The number of para-hydroxylation sites is 3. The van der Waals surface area contributed by atoms with Gasteiger partial charge in [0.05, 0.1) is 28.3 Å². The van der Waals surface area contributed by atoms with Crippen LogP contribution in [0.5, 0.6) is 0 Å². The van der Waals surface area contributed by atoms with Crippen LogP contribution in [-0.4, -0.2) is 29.9 Å². The van der Waals surface area contributed by atoms with Gasteiger partial charge in [0, 0.05) is 70.9 Å². The molecule has 17 aromatic carbocycles. The van der Waals surface area contributed by atoms with Crippen LogP contribution in [0.1, 0.15) is 0 Å². The summed E-state index contributed by atoms with van der Waals surface area (Å²) in [7, 11) is 0. The molecule has 0 saturated carbocycles. The highest BCUT2D eigenvalue weighted by Crippen LogP contribution is 2.56. The van der Waals surface area contributed by atoms with E-state index in [1.165, 1.54) is 27.3 Å². The van der Waals surface area contributed by atoms with E-state index in [0.29, 0.717) is 35.2 Å². The van der Waals surface area contributed by atoms with Crippen LogP contribution in [0.25, 0.3) is 187 Å². The molecule has 10 heteroatoms. The van der Waals surface area contributed by atoms with Crippen LogP contribution in [0, 0.1) is 0 Å². The van der Waals surface area contributed by atoms with Crippen LogP contribution in [0.15, 0.2) is 349 Å². The molecule has 0 fully saturated rings. The van der Waals surface area contributed by atoms with E-state index >= 15 is 0 Å². The highest BCUT2D eigenvalue weighted by molar-refractivity contribution is 6.21. The Hall–Kier alpha value is -14.5. The van der Waals surface area contributed by atoms with Gasteiger partial charge in [0.1, 0.15) is 22.3 Å². The first-order valence-electron chi connectivity index (χ1n) is 35.7. The Bertz CT molecular complexity index is 7260. The maximum Gasteiger partial charge on any atom is 0.238 e. The summed E-state index contributed by atoms with van der Waals surface area (Å²) in [5, 5.41) is 18.0. The van der Waals surface area contributed by atoms with Gasteiger partial charge in [-0.2, -0.15) is 19.9 Å². The SMILES string of the molecule is c1ccc(-c2ccccc2-c2nc(-c3ccc4c(c3)oc3ccccc34)nc(N3c4c(ccc5ccccc45)-c4cccc5cccc3c45)n2)cc1.c1ccc2c3c(ccc2c1)-c1cccc2cccc(c12)N3c1nc(-c2cc3ccccc3c3ccccc23)nc(-c2cccc3c2oc2ccccc23)n1. The molecular weight excluding hydrogens is 1300 g/mol. The first-order chi connectivity index (χ1) is 52.6. The first kappa shape index (κ1) is 59.2. The first-order valence-corrected chi connectivity index (χ1v) is 35.7. The molecule has 492 valence electrons. The van der Waals surface area contributed by atoms with Crippen molar-refractivity contribution in [1.82, 2.24) is 29.9 Å². The van der Waals surface area contributed by atoms with E-state index in [0.717, 1.165) is 160 Å². The number of benzene rings is 17. The summed E-state index contributed by atoms with van der Waals surface area (Å²) in [5.41, 5.74) is 17.7. The molecule has 4 aromatic heterocycles. The third-order valence-corrected chi connectivity index (χ3v) is 21.3. The van der Waals surface area contributed by atoms with Crippen LogP contribution in [0.2, 0.25) is 0 Å². The lowest BCUT2D eigenvalue weighted by Gasteiger charge is -2.33. The van der Waals surface area contributed by atoms with Gasteiger partial charge in [0.2, 0.25) is 11.9 Å². The minimum atomic E-state index is 0.542. The molecule has 10 nitrogen and oxygen atoms in total. The molecular formula is C96H56N8O2. The number of hydrogen-bond acceptors (Lipinski definition) is 10. The zero-order valence-corrected chi connectivity index (χ0v) is 56.7. The van der Waals surface area contributed by atoms with Gasteiger partial charge in [0.15, 0.2) is 23.3 Å². The molecule has 2 aliphatic rings. The maximum atomic E-state index is 6.59. The van der Waals surface area contributed by atoms with Crippen molar-refractivity contribution in [2.24, 2.45) is 0 Å². The van der Waals surface area contributed by atoms with Crippen LogP contribution in [-0.2, 0) is 0 Å². The minimum absolute atomic E-state index is 0.542. The molecule has 2 aliphatic heterocycles. The zero-order valence-electron chi connectivity index (χ0n) is 56.7. The van der Waals surface area contributed by atoms with E-state index in [1.54, 1.807) is 0 Å². The Labute approximate surface area is 606 Å². The predicted molar refractivity (Wildman–Crippen MR) is 434 cm³/mol. The quantitative estimate of drug-likeness (QED) is 0.143. The van der Waals surface area contributed by atoms with E-state index in [9.17, 15) is 0 Å². The molecule has 21 aromatic rings. The predicted octanol–water partition coefficient (Wildman–Crippen LogP) is 25.7. The molecule has 0 spiro atoms. The van der Waals surface area contributed by atoms with Crippen LogP contribution < -0.4 is 9.80 Å². The zero-order chi connectivity index (χ0) is 69.5. The molecule has 0 aliphatic carbocycles. The number of aromatic nitrogens is 6. The van der Waals surface area contributed by atoms with Crippen LogP contribution in [0.3, 0.4) is 0 Å². The largest absolute Gasteiger partial charge is 0.456 e. The van der Waals surface area contributed by atoms with E-state index in [2.05, 4.69) is 301 Å². The number of nitrogens with zero attached hydrogens (tertiary/aromatic N) is 8. The molecule has 0 amide bonds. The summed E-state index contributed by atoms with van der Waals surface area (Å²) in [6.45, 7) is 0. The highest BCUT2D eigenvalue weighted by atomic mass is 16.3. The highest BCUT2D eigenvalue weighted by Gasteiger charge is 2.34. The van der Waals surface area contributed by atoms with E-state index in [-0.39, 0.29) is 0 Å². The van der Waals surface area contributed by atoms with Gasteiger partial charge in [-0.15, -0.1) is 0 Å². The van der Waals surface area contributed by atoms with Gasteiger partial charge < -0.3 is 8.83 Å². The van der Waals surface area contributed by atoms with Crippen LogP contribution >= 0.6 is 0 Å². The Morgan fingerprint density at radius 3 is 1.29 bits per heavy atom. The van der Waals surface area contributed by atoms with Crippen molar-refractivity contribution >= 4 is 143 Å². The normalized spacial score (nSPS) is 12.3. The van der Waals surface area contributed by atoms with Crippen molar-refractivity contribution < 1.29 is 8.83 Å². The Morgan fingerprint density at radius 1 is 0.208 bits per heavy atom. The molecule has 0 saturated heterocycles. The second-order valence-electron chi connectivity index (χ2n) is 27.2. The fourth-order valence-electron chi connectivity index (χ4n) is 16.5. The number of rotatable bonds is 7. The van der Waals surface area contributed by atoms with Gasteiger partial charge in [0.25, 0.3) is 0 Å². The van der Waals surface area contributed by atoms with Crippen molar-refractivity contribution in [1.29, 1.82) is 0 Å². The standard InChI is InChI=1S/C49H28N4O.C47H28N4O/c1-4-17-33-29(12-1)26-27-38-37-21-9-14-30-15-10-24-42(44(30)37)53(45(33)38)49-51-47(40-23-11-22-39-36-20-7-8-25-43(36)54-46(39)40)50-48(52-49)41-28-31-13-2-3-16-32(31)34-18-5-6-19-35(34)41;1-2-12-29(13-3-1)33-17-6-7-20-39(33)46-48-45(32-25-26-36-35-19-8-9-23-41(35)52-42(36)28-32)49-47(50-46)51-40-22-11-16-31-15-10-21-37(43(31)40)38-27-24-30-14-4-5-18-34(30)44(38)51/h1-28H;1-28H. The average molecular weight is 1350 g/mol. The molecule has 0 atom stereocenters. The smallest absolute Gasteiger partial charge is 0.238 e. The number of furan rings is 2. The van der Waals surface area contributed by atoms with Crippen LogP contribution in [0.4, 0.5) is 34.6 Å². The summed E-state index contributed by atoms with van der Waals surface area (Å²) in [5.74, 6) is 3.39. The Balaban J connectivity index is 0.000000132. The maximum absolute atomic E-state index is 6.59. The minimum Gasteiger partial charge on any atom is -0.456 e. The lowest BCUT2D eigenvalue weighted by molar-refractivity contribution is 0.669. The second-order valence-corrected chi connectivity index (χ2v) is 27.2. The van der Waals surface area contributed by atoms with Gasteiger partial charge in [-0.05, 0) is 114 Å². The lowest BCUT2D eigenvalue weighted by Crippen LogP contribution is -2.19. The third kappa shape index (κ3) is 9.24.